The van der Waals surface area contributed by atoms with Gasteiger partial charge in [0.1, 0.15) is 0 Å². The predicted molar refractivity (Wildman–Crippen MR) is 114 cm³/mol. The molecule has 0 bridgehead atoms. The number of halogens is 3. The Kier molecular flexibility index (Phi) is 6.04. The third kappa shape index (κ3) is 4.14. The van der Waals surface area contributed by atoms with E-state index >= 15 is 0 Å². The summed E-state index contributed by atoms with van der Waals surface area (Å²) in [5.74, 6) is -0.0614. The van der Waals surface area contributed by atoms with E-state index in [9.17, 15) is 26.4 Å². The molecule has 1 atom stereocenters. The molecule has 1 amide bonds. The number of carbonyl (C=O) groups is 1. The van der Waals surface area contributed by atoms with E-state index in [2.05, 4.69) is 0 Å². The maximum Gasteiger partial charge on any atom is 0.417 e. The van der Waals surface area contributed by atoms with Crippen molar-refractivity contribution in [1.29, 1.82) is 0 Å². The lowest BCUT2D eigenvalue weighted by Gasteiger charge is -2.38. The SMILES string of the molecule is C[C@@H](C(=O)N1CCc2ccccc21)N1CCN(S(=O)(=O)c2ccccc2C(F)(F)F)CC1. The summed E-state index contributed by atoms with van der Waals surface area (Å²) in [6.45, 7) is 2.94. The lowest BCUT2D eigenvalue weighted by molar-refractivity contribution is -0.140. The largest absolute Gasteiger partial charge is 0.417 e. The summed E-state index contributed by atoms with van der Waals surface area (Å²) >= 11 is 0. The van der Waals surface area contributed by atoms with Crippen LogP contribution in [0.3, 0.4) is 0 Å². The molecule has 0 saturated carbocycles. The van der Waals surface area contributed by atoms with Crippen LogP contribution in [0.15, 0.2) is 53.4 Å². The van der Waals surface area contributed by atoms with Crippen molar-refractivity contribution in [2.75, 3.05) is 37.6 Å². The molecular weight excluding hydrogens is 443 g/mol. The van der Waals surface area contributed by atoms with Crippen molar-refractivity contribution in [3.8, 4) is 0 Å². The monoisotopic (exact) mass is 467 g/mol. The molecule has 0 spiro atoms. The van der Waals surface area contributed by atoms with Gasteiger partial charge in [-0.05, 0) is 37.1 Å². The lowest BCUT2D eigenvalue weighted by atomic mass is 10.1. The number of para-hydroxylation sites is 1. The molecule has 32 heavy (non-hydrogen) atoms. The summed E-state index contributed by atoms with van der Waals surface area (Å²) in [7, 11) is -4.31. The van der Waals surface area contributed by atoms with E-state index in [1.807, 2.05) is 29.2 Å². The molecule has 1 fully saturated rings. The van der Waals surface area contributed by atoms with E-state index in [1.54, 1.807) is 11.8 Å². The minimum atomic E-state index is -4.77. The number of rotatable bonds is 4. The number of amides is 1. The van der Waals surface area contributed by atoms with Crippen LogP contribution in [0.4, 0.5) is 18.9 Å². The highest BCUT2D eigenvalue weighted by molar-refractivity contribution is 7.89. The third-order valence-electron chi connectivity index (χ3n) is 6.14. The van der Waals surface area contributed by atoms with Gasteiger partial charge in [0.2, 0.25) is 15.9 Å². The highest BCUT2D eigenvalue weighted by atomic mass is 32.2. The Morgan fingerprint density at radius 2 is 1.56 bits per heavy atom. The van der Waals surface area contributed by atoms with Gasteiger partial charge in [-0.2, -0.15) is 17.5 Å². The average Bonchev–Trinajstić information content (AvgIpc) is 3.22. The van der Waals surface area contributed by atoms with Crippen LogP contribution in [-0.4, -0.2) is 62.3 Å². The van der Waals surface area contributed by atoms with E-state index in [-0.39, 0.29) is 32.1 Å². The summed E-state index contributed by atoms with van der Waals surface area (Å²) in [4.78, 5) is 16.0. The van der Waals surface area contributed by atoms with E-state index in [0.29, 0.717) is 6.54 Å². The number of piperazine rings is 1. The Labute approximate surface area is 185 Å². The molecule has 6 nitrogen and oxygen atoms in total. The molecule has 1 saturated heterocycles. The number of fused-ring (bicyclic) bond motifs is 1. The fourth-order valence-corrected chi connectivity index (χ4v) is 5.98. The van der Waals surface area contributed by atoms with Crippen LogP contribution in [0.1, 0.15) is 18.1 Å². The summed E-state index contributed by atoms with van der Waals surface area (Å²) in [6.07, 6.45) is -3.97. The summed E-state index contributed by atoms with van der Waals surface area (Å²) in [6, 6.07) is 11.5. The van der Waals surface area contributed by atoms with Crippen LogP contribution in [0.5, 0.6) is 0 Å². The standard InChI is InChI=1S/C22H24F3N3O3S/c1-16(21(29)28-11-10-17-6-2-4-8-19(17)28)26-12-14-27(15-13-26)32(30,31)20-9-5-3-7-18(20)22(23,24)25/h2-9,16H,10-15H2,1H3/t16-/m0/s1. The first kappa shape index (κ1) is 22.8. The van der Waals surface area contributed by atoms with Crippen LogP contribution in [-0.2, 0) is 27.4 Å². The molecule has 172 valence electrons. The third-order valence-corrected chi connectivity index (χ3v) is 8.10. The molecule has 0 aromatic heterocycles. The minimum absolute atomic E-state index is 0.0166. The number of sulfonamides is 1. The molecule has 2 aliphatic rings. The van der Waals surface area contributed by atoms with Crippen molar-refractivity contribution in [3.63, 3.8) is 0 Å². The topological polar surface area (TPSA) is 60.9 Å². The van der Waals surface area contributed by atoms with Crippen LogP contribution in [0, 0.1) is 0 Å². The first-order valence-electron chi connectivity index (χ1n) is 10.4. The predicted octanol–water partition coefficient (Wildman–Crippen LogP) is 2.99. The molecule has 2 heterocycles. The van der Waals surface area contributed by atoms with E-state index in [0.717, 1.165) is 34.1 Å². The number of benzene rings is 2. The van der Waals surface area contributed by atoms with Gasteiger partial charge in [-0.3, -0.25) is 9.69 Å². The minimum Gasteiger partial charge on any atom is -0.310 e. The molecule has 2 aromatic rings. The highest BCUT2D eigenvalue weighted by Crippen LogP contribution is 2.35. The van der Waals surface area contributed by atoms with Crippen molar-refractivity contribution < 1.29 is 26.4 Å². The maximum atomic E-state index is 13.3. The normalized spacial score (nSPS) is 19.1. The number of carbonyl (C=O) groups excluding carboxylic acids is 1. The average molecular weight is 468 g/mol. The Bertz CT molecular complexity index is 1110. The van der Waals surface area contributed by atoms with E-state index < -0.39 is 32.7 Å². The Balaban J connectivity index is 1.45. The van der Waals surface area contributed by atoms with Gasteiger partial charge < -0.3 is 4.90 Å². The lowest BCUT2D eigenvalue weighted by Crippen LogP contribution is -2.55. The van der Waals surface area contributed by atoms with Gasteiger partial charge in [0.05, 0.1) is 16.5 Å². The van der Waals surface area contributed by atoms with E-state index in [4.69, 9.17) is 0 Å². The van der Waals surface area contributed by atoms with Crippen LogP contribution < -0.4 is 4.90 Å². The second-order valence-electron chi connectivity index (χ2n) is 7.98. The van der Waals surface area contributed by atoms with Crippen LogP contribution in [0.25, 0.3) is 0 Å². The molecule has 2 aromatic carbocycles. The van der Waals surface area contributed by atoms with Crippen molar-refractivity contribution in [1.82, 2.24) is 9.21 Å². The van der Waals surface area contributed by atoms with Gasteiger partial charge in [0.25, 0.3) is 0 Å². The fraction of sp³-hybridized carbons (Fsp3) is 0.409. The molecule has 0 unspecified atom stereocenters. The maximum absolute atomic E-state index is 13.3. The van der Waals surface area contributed by atoms with Crippen LogP contribution in [0.2, 0.25) is 0 Å². The number of nitrogens with zero attached hydrogens (tertiary/aromatic N) is 3. The fourth-order valence-electron chi connectivity index (χ4n) is 4.34. The zero-order valence-corrected chi connectivity index (χ0v) is 18.4. The van der Waals surface area contributed by atoms with Crippen molar-refractivity contribution in [3.05, 3.63) is 59.7 Å². The molecule has 10 heteroatoms. The molecule has 4 rings (SSSR count). The van der Waals surface area contributed by atoms with Gasteiger partial charge in [0, 0.05) is 38.4 Å². The van der Waals surface area contributed by atoms with E-state index in [1.165, 1.54) is 12.1 Å². The molecule has 0 radical (unpaired) electrons. The molecule has 0 N–H and O–H groups in total. The number of hydrogen-bond donors (Lipinski definition) is 0. The summed E-state index contributed by atoms with van der Waals surface area (Å²) in [5, 5.41) is 0. The summed E-state index contributed by atoms with van der Waals surface area (Å²) in [5.41, 5.74) is 0.847. The Morgan fingerprint density at radius 1 is 0.938 bits per heavy atom. The van der Waals surface area contributed by atoms with Crippen molar-refractivity contribution >= 4 is 21.6 Å². The molecule has 2 aliphatic heterocycles. The summed E-state index contributed by atoms with van der Waals surface area (Å²) < 4.78 is 66.9. The first-order valence-corrected chi connectivity index (χ1v) is 11.8. The van der Waals surface area contributed by atoms with Crippen molar-refractivity contribution in [2.45, 2.75) is 30.5 Å². The van der Waals surface area contributed by atoms with Gasteiger partial charge in [-0.25, -0.2) is 8.42 Å². The Morgan fingerprint density at radius 3 is 2.25 bits per heavy atom. The van der Waals surface area contributed by atoms with Gasteiger partial charge >= 0.3 is 6.18 Å². The number of anilines is 1. The van der Waals surface area contributed by atoms with Crippen molar-refractivity contribution in [2.24, 2.45) is 0 Å². The van der Waals surface area contributed by atoms with Crippen LogP contribution >= 0.6 is 0 Å². The first-order chi connectivity index (χ1) is 15.1. The molecular formula is C22H24F3N3O3S. The van der Waals surface area contributed by atoms with Gasteiger partial charge in [-0.15, -0.1) is 0 Å². The number of alkyl halides is 3. The molecule has 0 aliphatic carbocycles. The van der Waals surface area contributed by atoms with Gasteiger partial charge in [0.15, 0.2) is 0 Å². The smallest absolute Gasteiger partial charge is 0.310 e. The second-order valence-corrected chi connectivity index (χ2v) is 9.88. The quantitative estimate of drug-likeness (QED) is 0.694. The highest BCUT2D eigenvalue weighted by Gasteiger charge is 2.40. The van der Waals surface area contributed by atoms with Gasteiger partial charge in [-0.1, -0.05) is 30.3 Å². The zero-order chi connectivity index (χ0) is 23.1. The Hall–Kier alpha value is -2.43. The number of hydrogen-bond acceptors (Lipinski definition) is 4. The zero-order valence-electron chi connectivity index (χ0n) is 17.5. The second kappa shape index (κ2) is 8.49.